The summed E-state index contributed by atoms with van der Waals surface area (Å²) in [5, 5.41) is 5.05. The molecule has 0 aliphatic heterocycles. The van der Waals surface area contributed by atoms with Gasteiger partial charge in [0.25, 0.3) is 0 Å². The molecule has 116 valence electrons. The molecule has 0 aromatic heterocycles. The summed E-state index contributed by atoms with van der Waals surface area (Å²) >= 11 is 0. The zero-order chi connectivity index (χ0) is 16.3. The van der Waals surface area contributed by atoms with Crippen LogP contribution in [0.5, 0.6) is 0 Å². The lowest BCUT2D eigenvalue weighted by Gasteiger charge is -2.28. The number of carbonyl (C=O) groups excluding carboxylic acids is 1. The van der Waals surface area contributed by atoms with E-state index < -0.39 is 16.0 Å². The van der Waals surface area contributed by atoms with Gasteiger partial charge in [-0.25, -0.2) is 18.4 Å². The van der Waals surface area contributed by atoms with Crippen LogP contribution in [-0.4, -0.2) is 39.7 Å². The number of hydrogen-bond acceptors (Lipinski definition) is 4. The third kappa shape index (κ3) is 5.66. The fourth-order valence-electron chi connectivity index (χ4n) is 1.68. The average molecular weight is 313 g/mol. The van der Waals surface area contributed by atoms with Crippen molar-refractivity contribution in [2.75, 3.05) is 20.8 Å². The van der Waals surface area contributed by atoms with Gasteiger partial charge in [0.15, 0.2) is 0 Å². The normalized spacial score (nSPS) is 12.0. The van der Waals surface area contributed by atoms with Crippen LogP contribution in [0.25, 0.3) is 0 Å². The smallest absolute Gasteiger partial charge is 0.337 e. The Morgan fingerprint density at radius 2 is 1.81 bits per heavy atom. The molecule has 0 aliphatic carbocycles. The van der Waals surface area contributed by atoms with Crippen molar-refractivity contribution < 1.29 is 22.4 Å². The first-order valence-corrected chi connectivity index (χ1v) is 7.82. The van der Waals surface area contributed by atoms with Crippen molar-refractivity contribution in [3.8, 4) is 0 Å². The average Bonchev–Trinajstić information content (AvgIpc) is 2.35. The first-order valence-electron chi connectivity index (χ1n) is 6.28. The van der Waals surface area contributed by atoms with Gasteiger partial charge in [-0.1, -0.05) is 18.7 Å². The van der Waals surface area contributed by atoms with E-state index in [0.717, 1.165) is 5.56 Å². The van der Waals surface area contributed by atoms with Crippen molar-refractivity contribution in [1.82, 2.24) is 0 Å². The molecule has 1 rings (SSSR count). The van der Waals surface area contributed by atoms with Crippen molar-refractivity contribution in [3.05, 3.63) is 42.0 Å². The van der Waals surface area contributed by atoms with Crippen LogP contribution in [0, 0.1) is 0 Å². The minimum Gasteiger partial charge on any atom is -0.412 e. The van der Waals surface area contributed by atoms with Crippen LogP contribution in [0.15, 0.2) is 41.3 Å². The van der Waals surface area contributed by atoms with Gasteiger partial charge < -0.3 is 4.74 Å². The number of rotatable bonds is 6. The lowest BCUT2D eigenvalue weighted by atomic mass is 10.2. The van der Waals surface area contributed by atoms with E-state index in [4.69, 9.17) is 9.88 Å². The third-order valence-electron chi connectivity index (χ3n) is 2.76. The predicted molar refractivity (Wildman–Crippen MR) is 79.4 cm³/mol. The quantitative estimate of drug-likeness (QED) is 0.367. The number of esters is 1. The molecule has 0 bridgehead atoms. The molecule has 21 heavy (non-hydrogen) atoms. The van der Waals surface area contributed by atoms with Gasteiger partial charge in [0.2, 0.25) is 16.8 Å². The van der Waals surface area contributed by atoms with Crippen molar-refractivity contribution in [2.24, 2.45) is 5.14 Å². The molecule has 0 amide bonds. The summed E-state index contributed by atoms with van der Waals surface area (Å²) in [6.07, 6.45) is 0. The summed E-state index contributed by atoms with van der Waals surface area (Å²) in [4.78, 5) is 11.5. The molecule has 7 heteroatoms. The molecule has 0 fully saturated rings. The summed E-state index contributed by atoms with van der Waals surface area (Å²) < 4.78 is 27.9. The minimum atomic E-state index is -3.68. The molecule has 0 heterocycles. The molecule has 0 saturated heterocycles. The fraction of sp³-hybridized carbons (Fsp3) is 0.357. The van der Waals surface area contributed by atoms with E-state index >= 15 is 0 Å². The van der Waals surface area contributed by atoms with Crippen LogP contribution in [-0.2, 0) is 26.1 Å². The Balaban J connectivity index is 2.71. The number of ether oxygens (including phenoxy) is 1. The number of hydrogen-bond donors (Lipinski definition) is 1. The number of quaternary nitrogens is 1. The van der Waals surface area contributed by atoms with E-state index in [1.807, 2.05) is 14.1 Å². The molecule has 0 spiro atoms. The predicted octanol–water partition coefficient (Wildman–Crippen LogP) is 0.987. The first kappa shape index (κ1) is 17.4. The Labute approximate surface area is 125 Å². The van der Waals surface area contributed by atoms with E-state index in [0.29, 0.717) is 16.6 Å². The number of sulfonamides is 1. The summed E-state index contributed by atoms with van der Waals surface area (Å²) in [6, 6.07) is 6.32. The van der Waals surface area contributed by atoms with Gasteiger partial charge in [-0.3, -0.25) is 4.48 Å². The van der Waals surface area contributed by atoms with E-state index in [1.54, 1.807) is 19.1 Å². The van der Waals surface area contributed by atoms with Gasteiger partial charge >= 0.3 is 5.97 Å². The Morgan fingerprint density at radius 1 is 1.29 bits per heavy atom. The van der Waals surface area contributed by atoms with Gasteiger partial charge in [-0.05, 0) is 19.1 Å². The van der Waals surface area contributed by atoms with E-state index in [2.05, 4.69) is 6.58 Å². The summed E-state index contributed by atoms with van der Waals surface area (Å²) in [7, 11) is 0.126. The molecule has 0 radical (unpaired) electrons. The highest BCUT2D eigenvalue weighted by Gasteiger charge is 2.19. The van der Waals surface area contributed by atoms with Crippen LogP contribution in [0.1, 0.15) is 12.5 Å². The zero-order valence-electron chi connectivity index (χ0n) is 12.5. The topological polar surface area (TPSA) is 86.5 Å². The molecule has 0 atom stereocenters. The largest absolute Gasteiger partial charge is 0.412 e. The number of carbonyl (C=O) groups is 1. The Morgan fingerprint density at radius 3 is 2.24 bits per heavy atom. The van der Waals surface area contributed by atoms with Crippen LogP contribution < -0.4 is 5.14 Å². The van der Waals surface area contributed by atoms with Gasteiger partial charge in [-0.15, -0.1) is 0 Å². The Bertz CT molecular complexity index is 633. The van der Waals surface area contributed by atoms with E-state index in [9.17, 15) is 13.2 Å². The number of nitrogens with two attached hydrogens (primary N) is 1. The molecule has 2 N–H and O–H groups in total. The molecule has 0 saturated carbocycles. The van der Waals surface area contributed by atoms with Gasteiger partial charge in [0.05, 0.1) is 19.0 Å². The van der Waals surface area contributed by atoms with Gasteiger partial charge in [0, 0.05) is 11.1 Å². The number of benzene rings is 1. The highest BCUT2D eigenvalue weighted by Crippen LogP contribution is 2.13. The van der Waals surface area contributed by atoms with Crippen LogP contribution in [0.4, 0.5) is 0 Å². The SMILES string of the molecule is C=C(C)C(=O)OC[N+](C)(C)Cc1ccc(S(N)(=O)=O)cc1. The summed E-state index contributed by atoms with van der Waals surface area (Å²) in [6.45, 7) is 5.89. The highest BCUT2D eigenvalue weighted by atomic mass is 32.2. The maximum absolute atomic E-state index is 11.4. The maximum atomic E-state index is 11.4. The van der Waals surface area contributed by atoms with Gasteiger partial charge in [0.1, 0.15) is 6.54 Å². The zero-order valence-corrected chi connectivity index (χ0v) is 13.3. The number of nitrogens with zero attached hydrogens (tertiary/aromatic N) is 1. The molecular weight excluding hydrogens is 292 g/mol. The standard InChI is InChI=1S/C14H21N2O4S/c1-11(2)14(17)20-10-16(3,4)9-12-5-7-13(8-6-12)21(15,18)19/h5-8H,1,9-10H2,2-4H3,(H2,15,18,19)/q+1. The molecule has 0 aliphatic rings. The molecule has 1 aromatic carbocycles. The number of primary sulfonamides is 1. The van der Waals surface area contributed by atoms with Crippen LogP contribution >= 0.6 is 0 Å². The third-order valence-corrected chi connectivity index (χ3v) is 3.69. The summed E-state index contributed by atoms with van der Waals surface area (Å²) in [5.74, 6) is -0.425. The van der Waals surface area contributed by atoms with Crippen LogP contribution in [0.3, 0.4) is 0 Å². The van der Waals surface area contributed by atoms with Crippen molar-refractivity contribution >= 4 is 16.0 Å². The fourth-order valence-corrected chi connectivity index (χ4v) is 2.20. The van der Waals surface area contributed by atoms with Gasteiger partial charge in [-0.2, -0.15) is 0 Å². The summed E-state index contributed by atoms with van der Waals surface area (Å²) in [5.41, 5.74) is 1.27. The maximum Gasteiger partial charge on any atom is 0.337 e. The molecule has 0 unspecified atom stereocenters. The second kappa shape index (κ2) is 6.38. The Hall–Kier alpha value is -1.70. The first-order chi connectivity index (χ1) is 9.51. The second-order valence-electron chi connectivity index (χ2n) is 5.62. The lowest BCUT2D eigenvalue weighted by Crippen LogP contribution is -2.41. The van der Waals surface area contributed by atoms with Crippen molar-refractivity contribution in [3.63, 3.8) is 0 Å². The molecular formula is C14H21N2O4S+. The molecule has 6 nitrogen and oxygen atoms in total. The van der Waals surface area contributed by atoms with Crippen LogP contribution in [0.2, 0.25) is 0 Å². The lowest BCUT2D eigenvalue weighted by molar-refractivity contribution is -0.920. The Kier molecular flexibility index (Phi) is 5.27. The second-order valence-corrected chi connectivity index (χ2v) is 7.19. The van der Waals surface area contributed by atoms with E-state index in [-0.39, 0.29) is 11.6 Å². The monoisotopic (exact) mass is 313 g/mol. The van der Waals surface area contributed by atoms with E-state index in [1.165, 1.54) is 12.1 Å². The van der Waals surface area contributed by atoms with Crippen molar-refractivity contribution in [2.45, 2.75) is 18.4 Å². The minimum absolute atomic E-state index is 0.0743. The van der Waals surface area contributed by atoms with Crippen molar-refractivity contribution in [1.29, 1.82) is 0 Å². The molecule has 1 aromatic rings. The highest BCUT2D eigenvalue weighted by molar-refractivity contribution is 7.89.